The normalized spacial score (nSPS) is 13.2. The fraction of sp³-hybridized carbons (Fsp3) is 1.00. The summed E-state index contributed by atoms with van der Waals surface area (Å²) in [4.78, 5) is 0. The Morgan fingerprint density at radius 3 is 2.38 bits per heavy atom. The van der Waals surface area contributed by atoms with Crippen LogP contribution in [0.15, 0.2) is 0 Å². The van der Waals surface area contributed by atoms with Crippen LogP contribution >= 0.6 is 0 Å². The summed E-state index contributed by atoms with van der Waals surface area (Å²) in [6, 6.07) is 0.613. The predicted molar refractivity (Wildman–Crippen MR) is 60.2 cm³/mol. The first kappa shape index (κ1) is 12.9. The minimum absolute atomic E-state index is 0.613. The molecule has 2 N–H and O–H groups in total. The van der Waals surface area contributed by atoms with Gasteiger partial charge in [0.1, 0.15) is 0 Å². The van der Waals surface area contributed by atoms with E-state index in [2.05, 4.69) is 31.4 Å². The molecule has 1 unspecified atom stereocenters. The van der Waals surface area contributed by atoms with E-state index in [1.165, 1.54) is 32.2 Å². The molecule has 0 fully saturated rings. The zero-order valence-electron chi connectivity index (χ0n) is 9.53. The van der Waals surface area contributed by atoms with Crippen molar-refractivity contribution in [3.05, 3.63) is 0 Å². The molecule has 0 aromatic carbocycles. The number of hydrogen-bond donors (Lipinski definition) is 2. The third kappa shape index (κ3) is 9.84. The van der Waals surface area contributed by atoms with E-state index in [4.69, 9.17) is 0 Å². The van der Waals surface area contributed by atoms with Gasteiger partial charge in [-0.25, -0.2) is 0 Å². The predicted octanol–water partition coefficient (Wildman–Crippen LogP) is 2.15. The van der Waals surface area contributed by atoms with Gasteiger partial charge in [0.2, 0.25) is 0 Å². The topological polar surface area (TPSA) is 24.1 Å². The summed E-state index contributed by atoms with van der Waals surface area (Å²) >= 11 is 0. The van der Waals surface area contributed by atoms with Gasteiger partial charge in [-0.3, -0.25) is 0 Å². The summed E-state index contributed by atoms with van der Waals surface area (Å²) in [7, 11) is 0. The summed E-state index contributed by atoms with van der Waals surface area (Å²) in [6.07, 6.45) is 5.20. The van der Waals surface area contributed by atoms with Crippen molar-refractivity contribution in [2.45, 2.75) is 52.5 Å². The van der Waals surface area contributed by atoms with Crippen LogP contribution in [0.5, 0.6) is 0 Å². The smallest absolute Gasteiger partial charge is 0.0164 e. The van der Waals surface area contributed by atoms with E-state index in [-0.39, 0.29) is 0 Å². The summed E-state index contributed by atoms with van der Waals surface area (Å²) in [5.74, 6) is 0. The molecule has 0 aromatic rings. The highest BCUT2D eigenvalue weighted by molar-refractivity contribution is 4.62. The van der Waals surface area contributed by atoms with Crippen LogP contribution in [0.3, 0.4) is 0 Å². The van der Waals surface area contributed by atoms with E-state index in [1.807, 2.05) is 0 Å². The molecule has 0 aliphatic rings. The van der Waals surface area contributed by atoms with Gasteiger partial charge in [0.05, 0.1) is 0 Å². The number of nitrogens with one attached hydrogen (secondary N) is 2. The van der Waals surface area contributed by atoms with Crippen molar-refractivity contribution in [3.63, 3.8) is 0 Å². The second-order valence-corrected chi connectivity index (χ2v) is 3.77. The van der Waals surface area contributed by atoms with Crippen molar-refractivity contribution in [3.8, 4) is 0 Å². The molecule has 2 heteroatoms. The lowest BCUT2D eigenvalue weighted by molar-refractivity contribution is 0.494. The molecule has 0 rings (SSSR count). The van der Waals surface area contributed by atoms with Crippen LogP contribution in [0.1, 0.15) is 46.5 Å². The van der Waals surface area contributed by atoms with Crippen molar-refractivity contribution in [1.29, 1.82) is 0 Å². The maximum absolute atomic E-state index is 3.47. The monoisotopic (exact) mass is 186 g/mol. The van der Waals surface area contributed by atoms with E-state index >= 15 is 0 Å². The molecule has 0 aromatic heterocycles. The second kappa shape index (κ2) is 10.0. The lowest BCUT2D eigenvalue weighted by Gasteiger charge is -2.13. The fourth-order valence-electron chi connectivity index (χ4n) is 1.28. The molecular formula is C11H26N2. The maximum atomic E-state index is 3.47. The summed E-state index contributed by atoms with van der Waals surface area (Å²) in [5, 5.41) is 6.93. The fourth-order valence-corrected chi connectivity index (χ4v) is 1.28. The lowest BCUT2D eigenvalue weighted by atomic mass is 10.2. The minimum Gasteiger partial charge on any atom is -0.315 e. The summed E-state index contributed by atoms with van der Waals surface area (Å²) in [6.45, 7) is 10.1. The average Bonchev–Trinajstić information content (AvgIpc) is 2.14. The van der Waals surface area contributed by atoms with Crippen molar-refractivity contribution < 1.29 is 0 Å². The molecule has 80 valence electrons. The largest absolute Gasteiger partial charge is 0.315 e. The Morgan fingerprint density at radius 1 is 1.00 bits per heavy atom. The van der Waals surface area contributed by atoms with Crippen molar-refractivity contribution in [2.24, 2.45) is 0 Å². The van der Waals surface area contributed by atoms with Crippen LogP contribution in [0.4, 0.5) is 0 Å². The SMILES string of the molecule is CCCCCNCC(C)NCCC. The minimum atomic E-state index is 0.613. The summed E-state index contributed by atoms with van der Waals surface area (Å²) in [5.41, 5.74) is 0. The first-order chi connectivity index (χ1) is 6.31. The molecule has 13 heavy (non-hydrogen) atoms. The molecule has 0 amide bonds. The quantitative estimate of drug-likeness (QED) is 0.539. The Labute approximate surface area is 83.5 Å². The van der Waals surface area contributed by atoms with Crippen LogP contribution in [0.2, 0.25) is 0 Å². The molecule has 1 atom stereocenters. The standard InChI is InChI=1S/C11H26N2/c1-4-6-7-9-12-10-11(3)13-8-5-2/h11-13H,4-10H2,1-3H3. The van der Waals surface area contributed by atoms with E-state index in [0.29, 0.717) is 6.04 Å². The van der Waals surface area contributed by atoms with Gasteiger partial charge in [0.25, 0.3) is 0 Å². The van der Waals surface area contributed by atoms with Gasteiger partial charge in [0.15, 0.2) is 0 Å². The van der Waals surface area contributed by atoms with Crippen molar-refractivity contribution in [1.82, 2.24) is 10.6 Å². The Kier molecular flexibility index (Phi) is 9.94. The van der Waals surface area contributed by atoms with E-state index < -0.39 is 0 Å². The van der Waals surface area contributed by atoms with Crippen LogP contribution < -0.4 is 10.6 Å². The van der Waals surface area contributed by atoms with Gasteiger partial charge in [-0.05, 0) is 32.9 Å². The van der Waals surface area contributed by atoms with Gasteiger partial charge < -0.3 is 10.6 Å². The van der Waals surface area contributed by atoms with Crippen LogP contribution in [-0.2, 0) is 0 Å². The highest BCUT2D eigenvalue weighted by Crippen LogP contribution is 1.91. The highest BCUT2D eigenvalue weighted by atomic mass is 15.0. The van der Waals surface area contributed by atoms with E-state index in [1.54, 1.807) is 0 Å². The van der Waals surface area contributed by atoms with Crippen molar-refractivity contribution in [2.75, 3.05) is 19.6 Å². The maximum Gasteiger partial charge on any atom is 0.0164 e. The molecule has 0 bridgehead atoms. The Bertz CT molecular complexity index is 94.1. The van der Waals surface area contributed by atoms with Gasteiger partial charge in [0, 0.05) is 12.6 Å². The first-order valence-corrected chi connectivity index (χ1v) is 5.75. The second-order valence-electron chi connectivity index (χ2n) is 3.77. The van der Waals surface area contributed by atoms with E-state index in [9.17, 15) is 0 Å². The average molecular weight is 186 g/mol. The summed E-state index contributed by atoms with van der Waals surface area (Å²) < 4.78 is 0. The van der Waals surface area contributed by atoms with Gasteiger partial charge in [-0.1, -0.05) is 26.7 Å². The Morgan fingerprint density at radius 2 is 1.77 bits per heavy atom. The van der Waals surface area contributed by atoms with Gasteiger partial charge in [-0.2, -0.15) is 0 Å². The van der Waals surface area contributed by atoms with Crippen LogP contribution in [0, 0.1) is 0 Å². The molecule has 0 aliphatic carbocycles. The van der Waals surface area contributed by atoms with Gasteiger partial charge in [-0.15, -0.1) is 0 Å². The third-order valence-corrected chi connectivity index (χ3v) is 2.15. The molecule has 0 saturated carbocycles. The van der Waals surface area contributed by atoms with Gasteiger partial charge >= 0.3 is 0 Å². The number of unbranched alkanes of at least 4 members (excludes halogenated alkanes) is 2. The van der Waals surface area contributed by atoms with Crippen LogP contribution in [-0.4, -0.2) is 25.7 Å². The molecular weight excluding hydrogens is 160 g/mol. The molecule has 0 spiro atoms. The van der Waals surface area contributed by atoms with E-state index in [0.717, 1.165) is 13.1 Å². The Balaban J connectivity index is 3.03. The molecule has 2 nitrogen and oxygen atoms in total. The zero-order chi connectivity index (χ0) is 9.94. The molecule has 0 saturated heterocycles. The number of rotatable bonds is 9. The number of hydrogen-bond acceptors (Lipinski definition) is 2. The lowest BCUT2D eigenvalue weighted by Crippen LogP contribution is -2.36. The first-order valence-electron chi connectivity index (χ1n) is 5.75. The molecule has 0 heterocycles. The zero-order valence-corrected chi connectivity index (χ0v) is 9.53. The molecule has 0 radical (unpaired) electrons. The van der Waals surface area contributed by atoms with Crippen LogP contribution in [0.25, 0.3) is 0 Å². The Hall–Kier alpha value is -0.0800. The third-order valence-electron chi connectivity index (χ3n) is 2.15. The van der Waals surface area contributed by atoms with Crippen molar-refractivity contribution >= 4 is 0 Å². The highest BCUT2D eigenvalue weighted by Gasteiger charge is 1.97. The molecule has 0 aliphatic heterocycles.